The van der Waals surface area contributed by atoms with Crippen LogP contribution in [0.3, 0.4) is 0 Å². The van der Waals surface area contributed by atoms with Gasteiger partial charge in [-0.3, -0.25) is 5.10 Å². The molecule has 2 heterocycles. The highest BCUT2D eigenvalue weighted by Crippen LogP contribution is 2.45. The van der Waals surface area contributed by atoms with Crippen LogP contribution in [-0.4, -0.2) is 44.9 Å². The van der Waals surface area contributed by atoms with Gasteiger partial charge in [0.25, 0.3) is 0 Å². The smallest absolute Gasteiger partial charge is 0.239 e. The van der Waals surface area contributed by atoms with Crippen molar-refractivity contribution in [2.45, 2.75) is 44.7 Å². The van der Waals surface area contributed by atoms with E-state index in [9.17, 15) is 5.11 Å². The standard InChI is InChI=1S/C12H20N4O3/c1-12(2)18-9-6(3-7(5-17)10(9)19-12)4-8-14-11(13)16-15-8/h6-7,9-10,17H,3-5H2,1-2H3,(H3,13,14,15,16)/t6-,7+,9-,10+/m0/s1. The van der Waals surface area contributed by atoms with Gasteiger partial charge in [0.15, 0.2) is 5.79 Å². The molecule has 1 aliphatic carbocycles. The molecule has 2 aliphatic rings. The van der Waals surface area contributed by atoms with E-state index < -0.39 is 5.79 Å². The Balaban J connectivity index is 1.75. The van der Waals surface area contributed by atoms with Crippen LogP contribution in [0.25, 0.3) is 0 Å². The lowest BCUT2D eigenvalue weighted by Crippen LogP contribution is -2.27. The second-order valence-electron chi connectivity index (χ2n) is 5.85. The predicted molar refractivity (Wildman–Crippen MR) is 67.0 cm³/mol. The molecule has 0 aromatic carbocycles. The van der Waals surface area contributed by atoms with Gasteiger partial charge in [0.2, 0.25) is 5.95 Å². The Labute approximate surface area is 111 Å². The summed E-state index contributed by atoms with van der Waals surface area (Å²) in [6.07, 6.45) is 1.54. The number of nitrogens with two attached hydrogens (primary N) is 1. The topological polar surface area (TPSA) is 106 Å². The van der Waals surface area contributed by atoms with E-state index >= 15 is 0 Å². The fraction of sp³-hybridized carbons (Fsp3) is 0.833. The van der Waals surface area contributed by atoms with E-state index in [2.05, 4.69) is 15.2 Å². The van der Waals surface area contributed by atoms with Crippen LogP contribution in [0.1, 0.15) is 26.1 Å². The van der Waals surface area contributed by atoms with E-state index in [1.807, 2.05) is 13.8 Å². The van der Waals surface area contributed by atoms with Gasteiger partial charge in [-0.2, -0.15) is 4.98 Å². The third-order valence-corrected chi connectivity index (χ3v) is 3.94. The second-order valence-corrected chi connectivity index (χ2v) is 5.85. The molecule has 106 valence electrons. The molecule has 19 heavy (non-hydrogen) atoms. The summed E-state index contributed by atoms with van der Waals surface area (Å²) in [6, 6.07) is 0. The molecule has 4 N–H and O–H groups in total. The Morgan fingerprint density at radius 3 is 2.63 bits per heavy atom. The molecule has 4 atom stereocenters. The number of hydrogen-bond donors (Lipinski definition) is 3. The lowest BCUT2D eigenvalue weighted by molar-refractivity contribution is -0.162. The summed E-state index contributed by atoms with van der Waals surface area (Å²) in [7, 11) is 0. The van der Waals surface area contributed by atoms with Crippen molar-refractivity contribution in [3.05, 3.63) is 5.82 Å². The number of aliphatic hydroxyl groups is 1. The van der Waals surface area contributed by atoms with E-state index in [1.165, 1.54) is 0 Å². The minimum Gasteiger partial charge on any atom is -0.396 e. The van der Waals surface area contributed by atoms with E-state index in [1.54, 1.807) is 0 Å². The maximum absolute atomic E-state index is 9.48. The monoisotopic (exact) mass is 268 g/mol. The van der Waals surface area contributed by atoms with Crippen molar-refractivity contribution in [3.8, 4) is 0 Å². The molecule has 1 saturated carbocycles. The van der Waals surface area contributed by atoms with E-state index in [0.29, 0.717) is 6.42 Å². The van der Waals surface area contributed by atoms with Crippen LogP contribution in [0.5, 0.6) is 0 Å². The number of ether oxygens (including phenoxy) is 2. The van der Waals surface area contributed by atoms with E-state index in [-0.39, 0.29) is 36.6 Å². The SMILES string of the molecule is CC1(C)O[C@@H]2[C@@H](CO)C[C@@H](Cc3nc(N)n[nH]3)[C@@H]2O1. The molecule has 0 unspecified atom stereocenters. The average molecular weight is 268 g/mol. The Bertz CT molecular complexity index is 462. The summed E-state index contributed by atoms with van der Waals surface area (Å²) in [5.74, 6) is 0.815. The number of hydrogen-bond acceptors (Lipinski definition) is 6. The largest absolute Gasteiger partial charge is 0.396 e. The van der Waals surface area contributed by atoms with Crippen molar-refractivity contribution >= 4 is 5.95 Å². The van der Waals surface area contributed by atoms with Crippen molar-refractivity contribution < 1.29 is 14.6 Å². The lowest BCUT2D eigenvalue weighted by Gasteiger charge is -2.22. The van der Waals surface area contributed by atoms with Gasteiger partial charge in [0, 0.05) is 18.9 Å². The summed E-state index contributed by atoms with van der Waals surface area (Å²) in [6.45, 7) is 3.93. The molecule has 3 rings (SSSR count). The highest BCUT2D eigenvalue weighted by Gasteiger charge is 2.53. The van der Waals surface area contributed by atoms with Gasteiger partial charge >= 0.3 is 0 Å². The Kier molecular flexibility index (Phi) is 2.99. The summed E-state index contributed by atoms with van der Waals surface area (Å²) < 4.78 is 11.9. The van der Waals surface area contributed by atoms with Crippen LogP contribution < -0.4 is 5.73 Å². The Hall–Kier alpha value is -1.18. The quantitative estimate of drug-likeness (QED) is 0.716. The molecule has 1 aromatic heterocycles. The number of aromatic nitrogens is 3. The van der Waals surface area contributed by atoms with Gasteiger partial charge in [-0.25, -0.2) is 0 Å². The van der Waals surface area contributed by atoms with Crippen LogP contribution in [-0.2, 0) is 15.9 Å². The molecule has 2 fully saturated rings. The predicted octanol–water partition coefficient (Wildman–Crippen LogP) is 0.0779. The van der Waals surface area contributed by atoms with E-state index in [0.717, 1.165) is 12.2 Å². The number of H-pyrrole nitrogens is 1. The zero-order valence-electron chi connectivity index (χ0n) is 11.2. The number of aliphatic hydroxyl groups excluding tert-OH is 1. The number of anilines is 1. The minimum absolute atomic E-state index is 0.00141. The molecule has 1 aliphatic heterocycles. The molecule has 1 aromatic rings. The number of nitrogens with one attached hydrogen (secondary N) is 1. The van der Waals surface area contributed by atoms with Crippen LogP contribution in [0.2, 0.25) is 0 Å². The average Bonchev–Trinajstić information content (AvgIpc) is 2.95. The molecule has 1 saturated heterocycles. The zero-order valence-corrected chi connectivity index (χ0v) is 11.2. The van der Waals surface area contributed by atoms with Crippen molar-refractivity contribution in [1.29, 1.82) is 0 Å². The number of nitrogen functional groups attached to an aromatic ring is 1. The van der Waals surface area contributed by atoms with E-state index in [4.69, 9.17) is 15.2 Å². The maximum atomic E-state index is 9.48. The number of nitrogens with zero attached hydrogens (tertiary/aromatic N) is 2. The van der Waals surface area contributed by atoms with Gasteiger partial charge in [-0.1, -0.05) is 0 Å². The normalized spacial score (nSPS) is 36.6. The minimum atomic E-state index is -0.581. The van der Waals surface area contributed by atoms with Crippen LogP contribution in [0.4, 0.5) is 5.95 Å². The molecule has 0 amide bonds. The lowest BCUT2D eigenvalue weighted by atomic mass is 10.00. The highest BCUT2D eigenvalue weighted by molar-refractivity contribution is 5.13. The van der Waals surface area contributed by atoms with Crippen LogP contribution in [0, 0.1) is 11.8 Å². The molecular formula is C12H20N4O3. The second kappa shape index (κ2) is 4.43. The summed E-state index contributed by atoms with van der Waals surface area (Å²) in [5.41, 5.74) is 5.51. The first-order chi connectivity index (χ1) is 8.98. The van der Waals surface area contributed by atoms with Crippen molar-refractivity contribution in [3.63, 3.8) is 0 Å². The van der Waals surface area contributed by atoms with Crippen molar-refractivity contribution in [2.75, 3.05) is 12.3 Å². The highest BCUT2D eigenvalue weighted by atomic mass is 16.8. The molecular weight excluding hydrogens is 248 g/mol. The Morgan fingerprint density at radius 1 is 1.37 bits per heavy atom. The first-order valence-electron chi connectivity index (χ1n) is 6.62. The Morgan fingerprint density at radius 2 is 2.05 bits per heavy atom. The van der Waals surface area contributed by atoms with Gasteiger partial charge in [-0.15, -0.1) is 5.10 Å². The number of rotatable bonds is 3. The number of fused-ring (bicyclic) bond motifs is 1. The van der Waals surface area contributed by atoms with Crippen LogP contribution in [0.15, 0.2) is 0 Å². The fourth-order valence-corrected chi connectivity index (χ4v) is 3.23. The maximum Gasteiger partial charge on any atom is 0.239 e. The molecule has 7 heteroatoms. The van der Waals surface area contributed by atoms with Gasteiger partial charge in [0.05, 0.1) is 12.2 Å². The summed E-state index contributed by atoms with van der Waals surface area (Å²) in [5, 5.41) is 16.1. The first-order valence-corrected chi connectivity index (χ1v) is 6.62. The molecule has 0 bridgehead atoms. The van der Waals surface area contributed by atoms with Gasteiger partial charge in [0.1, 0.15) is 5.82 Å². The third kappa shape index (κ3) is 2.33. The molecule has 0 spiro atoms. The molecule has 0 radical (unpaired) electrons. The van der Waals surface area contributed by atoms with Crippen LogP contribution >= 0.6 is 0 Å². The zero-order chi connectivity index (χ0) is 13.6. The van der Waals surface area contributed by atoms with Gasteiger partial charge in [-0.05, 0) is 26.2 Å². The fourth-order valence-electron chi connectivity index (χ4n) is 3.23. The third-order valence-electron chi connectivity index (χ3n) is 3.94. The van der Waals surface area contributed by atoms with Crippen molar-refractivity contribution in [1.82, 2.24) is 15.2 Å². The van der Waals surface area contributed by atoms with Gasteiger partial charge < -0.3 is 20.3 Å². The summed E-state index contributed by atoms with van der Waals surface area (Å²) in [4.78, 5) is 4.13. The first kappa shape index (κ1) is 12.8. The summed E-state index contributed by atoms with van der Waals surface area (Å²) >= 11 is 0. The van der Waals surface area contributed by atoms with Crippen molar-refractivity contribution in [2.24, 2.45) is 11.8 Å². The number of aromatic amines is 1. The molecule has 7 nitrogen and oxygen atoms in total.